The van der Waals surface area contributed by atoms with E-state index in [0.717, 1.165) is 30.5 Å². The number of alkyl halides is 6. The predicted molar refractivity (Wildman–Crippen MR) is 119 cm³/mol. The van der Waals surface area contributed by atoms with Crippen LogP contribution in [0.25, 0.3) is 0 Å². The minimum atomic E-state index is -4.52. The van der Waals surface area contributed by atoms with Crippen molar-refractivity contribution in [1.82, 2.24) is 0 Å². The standard InChI is InChI=1S/C25H19F6NO5/c26-24(27,28)19-5-1-3-16(7-19)13-35-21-9-18(12-32-37-15-23(33)34)10-22(11-21)36-14-17-4-2-6-20(8-17)25(29,30)31/h1-12H,13-15H2,(H,33,34)/b32-12+. The molecule has 12 heteroatoms. The van der Waals surface area contributed by atoms with Crippen LogP contribution in [0.4, 0.5) is 26.3 Å². The van der Waals surface area contributed by atoms with Crippen LogP contribution in [0.5, 0.6) is 11.5 Å². The maximum atomic E-state index is 13.0. The Morgan fingerprint density at radius 3 is 1.70 bits per heavy atom. The first-order chi connectivity index (χ1) is 17.4. The molecule has 3 rings (SSSR count). The molecule has 0 saturated carbocycles. The lowest BCUT2D eigenvalue weighted by molar-refractivity contribution is -0.142. The topological polar surface area (TPSA) is 77.4 Å². The lowest BCUT2D eigenvalue weighted by Gasteiger charge is -2.13. The van der Waals surface area contributed by atoms with Crippen molar-refractivity contribution in [3.05, 3.63) is 94.5 Å². The summed E-state index contributed by atoms with van der Waals surface area (Å²) < 4.78 is 89.0. The Kier molecular flexibility index (Phi) is 8.64. The average Bonchev–Trinajstić information content (AvgIpc) is 2.83. The van der Waals surface area contributed by atoms with E-state index in [1.54, 1.807) is 0 Å². The number of oxime groups is 1. The molecule has 3 aromatic carbocycles. The van der Waals surface area contributed by atoms with Crippen molar-refractivity contribution < 1.29 is 50.6 Å². The summed E-state index contributed by atoms with van der Waals surface area (Å²) in [6.07, 6.45) is -7.89. The molecule has 3 aromatic rings. The number of carboxylic acid groups (broad SMARTS) is 1. The highest BCUT2D eigenvalue weighted by Crippen LogP contribution is 2.31. The summed E-state index contributed by atoms with van der Waals surface area (Å²) in [5.41, 5.74) is -0.883. The summed E-state index contributed by atoms with van der Waals surface area (Å²) in [6.45, 7) is -1.15. The zero-order valence-electron chi connectivity index (χ0n) is 18.8. The molecule has 0 aliphatic carbocycles. The van der Waals surface area contributed by atoms with E-state index in [9.17, 15) is 31.1 Å². The van der Waals surface area contributed by atoms with E-state index in [4.69, 9.17) is 14.6 Å². The van der Waals surface area contributed by atoms with Crippen molar-refractivity contribution in [2.45, 2.75) is 25.6 Å². The third-order valence-electron chi connectivity index (χ3n) is 4.69. The Balaban J connectivity index is 1.79. The molecule has 0 amide bonds. The smallest absolute Gasteiger partial charge is 0.416 e. The summed E-state index contributed by atoms with van der Waals surface area (Å²) >= 11 is 0. The van der Waals surface area contributed by atoms with Gasteiger partial charge in [-0.1, -0.05) is 29.4 Å². The van der Waals surface area contributed by atoms with Crippen molar-refractivity contribution >= 4 is 12.2 Å². The highest BCUT2D eigenvalue weighted by atomic mass is 19.4. The number of halogens is 6. The molecule has 0 spiro atoms. The number of hydrogen-bond donors (Lipinski definition) is 1. The number of ether oxygens (including phenoxy) is 2. The van der Waals surface area contributed by atoms with Crippen LogP contribution < -0.4 is 9.47 Å². The van der Waals surface area contributed by atoms with Crippen LogP contribution in [0.1, 0.15) is 27.8 Å². The summed E-state index contributed by atoms with van der Waals surface area (Å²) in [5, 5.41) is 12.1. The van der Waals surface area contributed by atoms with Crippen molar-refractivity contribution in [2.24, 2.45) is 5.16 Å². The number of carboxylic acids is 1. The number of aliphatic carboxylic acids is 1. The fraction of sp³-hybridized carbons (Fsp3) is 0.200. The van der Waals surface area contributed by atoms with Gasteiger partial charge in [0, 0.05) is 11.6 Å². The minimum absolute atomic E-state index is 0.152. The molecule has 0 aromatic heterocycles. The van der Waals surface area contributed by atoms with E-state index in [2.05, 4.69) is 9.99 Å². The van der Waals surface area contributed by atoms with Crippen LogP contribution in [0.3, 0.4) is 0 Å². The van der Waals surface area contributed by atoms with E-state index < -0.39 is 36.1 Å². The maximum Gasteiger partial charge on any atom is 0.416 e. The Morgan fingerprint density at radius 2 is 1.27 bits per heavy atom. The number of nitrogens with zero attached hydrogens (tertiary/aromatic N) is 1. The second-order valence-electron chi connectivity index (χ2n) is 7.61. The first kappa shape index (κ1) is 27.4. The minimum Gasteiger partial charge on any atom is -0.489 e. The largest absolute Gasteiger partial charge is 0.489 e. The lowest BCUT2D eigenvalue weighted by Crippen LogP contribution is -2.06. The quantitative estimate of drug-likeness (QED) is 0.190. The van der Waals surface area contributed by atoms with E-state index in [1.807, 2.05) is 0 Å². The fourth-order valence-corrected chi connectivity index (χ4v) is 3.03. The van der Waals surface area contributed by atoms with Crippen LogP contribution in [-0.2, 0) is 35.2 Å². The third-order valence-corrected chi connectivity index (χ3v) is 4.69. The number of benzene rings is 3. The van der Waals surface area contributed by atoms with Gasteiger partial charge in [0.2, 0.25) is 6.61 Å². The number of carbonyl (C=O) groups is 1. The van der Waals surface area contributed by atoms with Gasteiger partial charge in [-0.25, -0.2) is 4.79 Å². The molecule has 37 heavy (non-hydrogen) atoms. The van der Waals surface area contributed by atoms with Gasteiger partial charge in [-0.15, -0.1) is 0 Å². The van der Waals surface area contributed by atoms with Crippen molar-refractivity contribution in [3.63, 3.8) is 0 Å². The molecule has 196 valence electrons. The molecule has 0 aliphatic heterocycles. The van der Waals surface area contributed by atoms with Gasteiger partial charge in [0.25, 0.3) is 0 Å². The van der Waals surface area contributed by atoms with E-state index in [-0.39, 0.29) is 35.8 Å². The molecule has 6 nitrogen and oxygen atoms in total. The molecule has 0 atom stereocenters. The van der Waals surface area contributed by atoms with Gasteiger partial charge >= 0.3 is 18.3 Å². The fourth-order valence-electron chi connectivity index (χ4n) is 3.03. The van der Waals surface area contributed by atoms with E-state index in [0.29, 0.717) is 5.56 Å². The maximum absolute atomic E-state index is 13.0. The molecule has 0 heterocycles. The SMILES string of the molecule is O=C(O)CO/N=C/c1cc(OCc2cccc(C(F)(F)F)c2)cc(OCc2cccc(C(F)(F)F)c2)c1. The third kappa shape index (κ3) is 8.74. The molecule has 0 radical (unpaired) electrons. The molecule has 0 unspecified atom stereocenters. The van der Waals surface area contributed by atoms with Crippen LogP contribution >= 0.6 is 0 Å². The Hall–Kier alpha value is -4.22. The first-order valence-electron chi connectivity index (χ1n) is 10.5. The Labute approximate surface area is 206 Å². The zero-order valence-corrected chi connectivity index (χ0v) is 18.8. The van der Waals surface area contributed by atoms with E-state index in [1.165, 1.54) is 42.5 Å². The Bertz CT molecular complexity index is 1180. The van der Waals surface area contributed by atoms with Crippen LogP contribution in [-0.4, -0.2) is 23.9 Å². The van der Waals surface area contributed by atoms with Crippen LogP contribution in [0.15, 0.2) is 71.9 Å². The molecule has 0 fully saturated rings. The summed E-state index contributed by atoms with van der Waals surface area (Å²) in [5.74, 6) is -0.947. The van der Waals surface area contributed by atoms with Gasteiger partial charge in [-0.3, -0.25) is 0 Å². The summed E-state index contributed by atoms with van der Waals surface area (Å²) in [7, 11) is 0. The summed E-state index contributed by atoms with van der Waals surface area (Å²) in [6, 6.07) is 13.4. The average molecular weight is 527 g/mol. The highest BCUT2D eigenvalue weighted by molar-refractivity contribution is 5.80. The Morgan fingerprint density at radius 1 is 0.784 bits per heavy atom. The molecule has 0 aliphatic rings. The normalized spacial score (nSPS) is 11.9. The second-order valence-corrected chi connectivity index (χ2v) is 7.61. The second kappa shape index (κ2) is 11.7. The van der Waals surface area contributed by atoms with Crippen molar-refractivity contribution in [2.75, 3.05) is 6.61 Å². The van der Waals surface area contributed by atoms with Crippen LogP contribution in [0.2, 0.25) is 0 Å². The molecular weight excluding hydrogens is 508 g/mol. The zero-order chi connectivity index (χ0) is 27.1. The number of hydrogen-bond acceptors (Lipinski definition) is 5. The van der Waals surface area contributed by atoms with Crippen LogP contribution in [0, 0.1) is 0 Å². The van der Waals surface area contributed by atoms with Gasteiger partial charge in [0.1, 0.15) is 24.7 Å². The highest BCUT2D eigenvalue weighted by Gasteiger charge is 2.31. The van der Waals surface area contributed by atoms with Gasteiger partial charge in [0.15, 0.2) is 0 Å². The van der Waals surface area contributed by atoms with Gasteiger partial charge in [-0.2, -0.15) is 26.3 Å². The molecule has 1 N–H and O–H groups in total. The summed E-state index contributed by atoms with van der Waals surface area (Å²) in [4.78, 5) is 15.2. The van der Waals surface area contributed by atoms with Crippen molar-refractivity contribution in [3.8, 4) is 11.5 Å². The van der Waals surface area contributed by atoms with Gasteiger partial charge < -0.3 is 19.4 Å². The lowest BCUT2D eigenvalue weighted by atomic mass is 10.1. The monoisotopic (exact) mass is 527 g/mol. The molecular formula is C25H19F6NO5. The van der Waals surface area contributed by atoms with Gasteiger partial charge in [-0.05, 0) is 47.5 Å². The number of rotatable bonds is 10. The molecule has 0 bridgehead atoms. The van der Waals surface area contributed by atoms with Gasteiger partial charge in [0.05, 0.1) is 17.3 Å². The van der Waals surface area contributed by atoms with E-state index >= 15 is 0 Å². The van der Waals surface area contributed by atoms with Crippen molar-refractivity contribution in [1.29, 1.82) is 0 Å². The first-order valence-corrected chi connectivity index (χ1v) is 10.5. The molecule has 0 saturated heterocycles. The predicted octanol–water partition coefficient (Wildman–Crippen LogP) is 6.32.